The molecule has 0 unspecified atom stereocenters. The predicted octanol–water partition coefficient (Wildman–Crippen LogP) is 2.49. The van der Waals surface area contributed by atoms with Gasteiger partial charge in [0.1, 0.15) is 6.33 Å². The SMILES string of the molecule is Cc1c(NC(=O)NCc2ccncn2)cccc1C(=O)NCC(C)C. The average Bonchev–Trinajstić information content (AvgIpc) is 2.60. The Morgan fingerprint density at radius 2 is 1.96 bits per heavy atom. The first-order valence-electron chi connectivity index (χ1n) is 8.15. The van der Waals surface area contributed by atoms with Gasteiger partial charge in [-0.1, -0.05) is 19.9 Å². The molecule has 0 saturated carbocycles. The van der Waals surface area contributed by atoms with Gasteiger partial charge in [-0.05, 0) is 36.6 Å². The zero-order valence-corrected chi connectivity index (χ0v) is 14.7. The van der Waals surface area contributed by atoms with Crippen LogP contribution in [0.5, 0.6) is 0 Å². The molecule has 3 N–H and O–H groups in total. The summed E-state index contributed by atoms with van der Waals surface area (Å²) >= 11 is 0. The number of aromatic nitrogens is 2. The van der Waals surface area contributed by atoms with E-state index < -0.39 is 0 Å². The van der Waals surface area contributed by atoms with Crippen molar-refractivity contribution < 1.29 is 9.59 Å². The van der Waals surface area contributed by atoms with Gasteiger partial charge in [0.15, 0.2) is 0 Å². The highest BCUT2D eigenvalue weighted by molar-refractivity contribution is 5.99. The molecule has 2 aromatic rings. The maximum absolute atomic E-state index is 12.3. The van der Waals surface area contributed by atoms with Gasteiger partial charge in [0.2, 0.25) is 0 Å². The number of nitrogens with zero attached hydrogens (tertiary/aromatic N) is 2. The van der Waals surface area contributed by atoms with Crippen molar-refractivity contribution in [2.45, 2.75) is 27.3 Å². The number of benzene rings is 1. The highest BCUT2D eigenvalue weighted by atomic mass is 16.2. The summed E-state index contributed by atoms with van der Waals surface area (Å²) in [5.74, 6) is 0.231. The molecule has 2 rings (SSSR count). The lowest BCUT2D eigenvalue weighted by Gasteiger charge is -2.14. The van der Waals surface area contributed by atoms with Gasteiger partial charge in [-0.25, -0.2) is 14.8 Å². The van der Waals surface area contributed by atoms with Crippen molar-refractivity contribution in [1.82, 2.24) is 20.6 Å². The summed E-state index contributed by atoms with van der Waals surface area (Å²) in [6.07, 6.45) is 3.05. The lowest BCUT2D eigenvalue weighted by molar-refractivity contribution is 0.0948. The standard InChI is InChI=1S/C18H23N5O2/c1-12(2)9-20-17(24)15-5-4-6-16(13(15)3)23-18(25)21-10-14-7-8-19-11-22-14/h4-8,11-12H,9-10H2,1-3H3,(H,20,24)(H2,21,23,25). The van der Waals surface area contributed by atoms with Crippen LogP contribution in [0.1, 0.15) is 35.5 Å². The van der Waals surface area contributed by atoms with E-state index in [2.05, 4.69) is 25.9 Å². The van der Waals surface area contributed by atoms with Crippen LogP contribution in [0, 0.1) is 12.8 Å². The lowest BCUT2D eigenvalue weighted by atomic mass is 10.1. The summed E-state index contributed by atoms with van der Waals surface area (Å²) in [7, 11) is 0. The number of hydrogen-bond acceptors (Lipinski definition) is 4. The molecule has 0 saturated heterocycles. The normalized spacial score (nSPS) is 10.4. The Morgan fingerprint density at radius 3 is 2.64 bits per heavy atom. The smallest absolute Gasteiger partial charge is 0.319 e. The van der Waals surface area contributed by atoms with Crippen molar-refractivity contribution in [3.63, 3.8) is 0 Å². The largest absolute Gasteiger partial charge is 0.352 e. The molecule has 0 aliphatic heterocycles. The van der Waals surface area contributed by atoms with Crippen LogP contribution in [-0.2, 0) is 6.54 Å². The molecule has 1 aromatic carbocycles. The first-order valence-corrected chi connectivity index (χ1v) is 8.15. The minimum atomic E-state index is -0.360. The summed E-state index contributed by atoms with van der Waals surface area (Å²) in [5, 5.41) is 8.37. The predicted molar refractivity (Wildman–Crippen MR) is 96.2 cm³/mol. The Morgan fingerprint density at radius 1 is 1.16 bits per heavy atom. The van der Waals surface area contributed by atoms with Crippen molar-refractivity contribution in [1.29, 1.82) is 0 Å². The monoisotopic (exact) mass is 341 g/mol. The molecule has 1 aromatic heterocycles. The Balaban J connectivity index is 1.98. The van der Waals surface area contributed by atoms with E-state index in [-0.39, 0.29) is 11.9 Å². The Kier molecular flexibility index (Phi) is 6.45. The zero-order chi connectivity index (χ0) is 18.2. The van der Waals surface area contributed by atoms with Gasteiger partial charge < -0.3 is 16.0 Å². The molecule has 0 atom stereocenters. The van der Waals surface area contributed by atoms with Crippen LogP contribution >= 0.6 is 0 Å². The molecule has 25 heavy (non-hydrogen) atoms. The third-order valence-corrected chi connectivity index (χ3v) is 3.57. The molecule has 0 aliphatic rings. The van der Waals surface area contributed by atoms with Crippen molar-refractivity contribution in [2.24, 2.45) is 5.92 Å². The molecule has 132 valence electrons. The van der Waals surface area contributed by atoms with E-state index >= 15 is 0 Å². The first kappa shape index (κ1) is 18.4. The van der Waals surface area contributed by atoms with E-state index in [4.69, 9.17) is 0 Å². The zero-order valence-electron chi connectivity index (χ0n) is 14.7. The van der Waals surface area contributed by atoms with Gasteiger partial charge in [-0.2, -0.15) is 0 Å². The second kappa shape index (κ2) is 8.77. The number of amides is 3. The number of carbonyl (C=O) groups excluding carboxylic acids is 2. The van der Waals surface area contributed by atoms with Crippen LogP contribution < -0.4 is 16.0 Å². The van der Waals surface area contributed by atoms with Gasteiger partial charge in [0.05, 0.1) is 12.2 Å². The molecule has 7 heteroatoms. The minimum Gasteiger partial charge on any atom is -0.352 e. The van der Waals surface area contributed by atoms with Crippen molar-refractivity contribution in [2.75, 3.05) is 11.9 Å². The topological polar surface area (TPSA) is 96.0 Å². The number of rotatable bonds is 6. The fraction of sp³-hybridized carbons (Fsp3) is 0.333. The molecule has 0 spiro atoms. The second-order valence-corrected chi connectivity index (χ2v) is 6.09. The molecule has 0 aliphatic carbocycles. The molecule has 0 bridgehead atoms. The van der Waals surface area contributed by atoms with Gasteiger partial charge in [0, 0.05) is 24.0 Å². The van der Waals surface area contributed by atoms with E-state index in [1.165, 1.54) is 6.33 Å². The van der Waals surface area contributed by atoms with Crippen LogP contribution in [-0.4, -0.2) is 28.5 Å². The summed E-state index contributed by atoms with van der Waals surface area (Å²) in [6, 6.07) is 6.62. The Bertz CT molecular complexity index is 732. The minimum absolute atomic E-state index is 0.142. The molecular formula is C18H23N5O2. The fourth-order valence-corrected chi connectivity index (χ4v) is 2.17. The molecule has 3 amide bonds. The van der Waals surface area contributed by atoms with Gasteiger partial charge >= 0.3 is 6.03 Å². The summed E-state index contributed by atoms with van der Waals surface area (Å²) in [4.78, 5) is 32.2. The maximum atomic E-state index is 12.3. The Labute approximate surface area is 147 Å². The summed E-state index contributed by atoms with van der Waals surface area (Å²) in [5.41, 5.74) is 2.58. The molecule has 1 heterocycles. The summed E-state index contributed by atoms with van der Waals surface area (Å²) < 4.78 is 0. The van der Waals surface area contributed by atoms with Crippen LogP contribution in [0.15, 0.2) is 36.8 Å². The highest BCUT2D eigenvalue weighted by Gasteiger charge is 2.13. The number of anilines is 1. The lowest BCUT2D eigenvalue weighted by Crippen LogP contribution is -2.30. The number of hydrogen-bond donors (Lipinski definition) is 3. The number of urea groups is 1. The van der Waals surface area contributed by atoms with E-state index in [0.29, 0.717) is 36.0 Å². The van der Waals surface area contributed by atoms with Gasteiger partial charge in [-0.3, -0.25) is 4.79 Å². The van der Waals surface area contributed by atoms with E-state index in [0.717, 1.165) is 5.56 Å². The Hall–Kier alpha value is -2.96. The van der Waals surface area contributed by atoms with Crippen LogP contribution in [0.25, 0.3) is 0 Å². The third-order valence-electron chi connectivity index (χ3n) is 3.57. The number of nitrogens with one attached hydrogen (secondary N) is 3. The average molecular weight is 341 g/mol. The van der Waals surface area contributed by atoms with Gasteiger partial charge in [0.25, 0.3) is 5.91 Å². The van der Waals surface area contributed by atoms with Gasteiger partial charge in [-0.15, -0.1) is 0 Å². The van der Waals surface area contributed by atoms with Crippen LogP contribution in [0.2, 0.25) is 0 Å². The third kappa shape index (κ3) is 5.56. The van der Waals surface area contributed by atoms with Crippen molar-refractivity contribution >= 4 is 17.6 Å². The maximum Gasteiger partial charge on any atom is 0.319 e. The van der Waals surface area contributed by atoms with E-state index in [1.807, 2.05) is 20.8 Å². The molecule has 0 fully saturated rings. The quantitative estimate of drug-likeness (QED) is 0.752. The highest BCUT2D eigenvalue weighted by Crippen LogP contribution is 2.19. The first-order chi connectivity index (χ1) is 12.0. The van der Waals surface area contributed by atoms with E-state index in [1.54, 1.807) is 30.5 Å². The van der Waals surface area contributed by atoms with Crippen molar-refractivity contribution in [3.05, 3.63) is 53.6 Å². The fourth-order valence-electron chi connectivity index (χ4n) is 2.17. The second-order valence-electron chi connectivity index (χ2n) is 6.09. The molecule has 0 radical (unpaired) electrons. The van der Waals surface area contributed by atoms with Crippen LogP contribution in [0.4, 0.5) is 10.5 Å². The summed E-state index contributed by atoms with van der Waals surface area (Å²) in [6.45, 7) is 6.78. The number of carbonyl (C=O) groups is 2. The molecular weight excluding hydrogens is 318 g/mol. The van der Waals surface area contributed by atoms with Crippen molar-refractivity contribution in [3.8, 4) is 0 Å². The van der Waals surface area contributed by atoms with E-state index in [9.17, 15) is 9.59 Å². The molecule has 7 nitrogen and oxygen atoms in total. The van der Waals surface area contributed by atoms with Crippen LogP contribution in [0.3, 0.4) is 0 Å².